The second-order valence-corrected chi connectivity index (χ2v) is 11.1. The molecule has 7 nitrogen and oxygen atoms in total. The number of piperidine rings is 1. The van der Waals surface area contributed by atoms with Gasteiger partial charge in [-0.05, 0) is 68.7 Å². The molecule has 3 heterocycles. The fourth-order valence-corrected chi connectivity index (χ4v) is 6.21. The van der Waals surface area contributed by atoms with Crippen molar-refractivity contribution in [1.82, 2.24) is 10.2 Å². The van der Waals surface area contributed by atoms with Crippen LogP contribution in [0, 0.1) is 11.8 Å². The van der Waals surface area contributed by atoms with Crippen molar-refractivity contribution in [2.75, 3.05) is 44.2 Å². The molecule has 1 N–H and O–H groups in total. The first-order valence-corrected chi connectivity index (χ1v) is 13.5. The number of halogens is 3. The van der Waals surface area contributed by atoms with E-state index in [1.807, 2.05) is 9.80 Å². The highest BCUT2D eigenvalue weighted by molar-refractivity contribution is 5.78. The lowest BCUT2D eigenvalue weighted by Crippen LogP contribution is -2.47. The molecule has 37 heavy (non-hydrogen) atoms. The van der Waals surface area contributed by atoms with E-state index in [-0.39, 0.29) is 24.0 Å². The van der Waals surface area contributed by atoms with Crippen LogP contribution in [0.3, 0.4) is 0 Å². The van der Waals surface area contributed by atoms with Gasteiger partial charge in [0, 0.05) is 57.2 Å². The molecule has 1 unspecified atom stereocenters. The van der Waals surface area contributed by atoms with Crippen molar-refractivity contribution in [2.45, 2.75) is 69.2 Å². The van der Waals surface area contributed by atoms with Gasteiger partial charge >= 0.3 is 12.3 Å². The van der Waals surface area contributed by atoms with Crippen LogP contribution in [0.2, 0.25) is 0 Å². The second-order valence-electron chi connectivity index (χ2n) is 11.1. The van der Waals surface area contributed by atoms with Crippen LogP contribution in [0.4, 0.5) is 23.7 Å². The maximum absolute atomic E-state index is 12.9. The minimum absolute atomic E-state index is 0.0315. The summed E-state index contributed by atoms with van der Waals surface area (Å²) < 4.78 is 50.0. The molecule has 0 radical (unpaired) electrons. The molecular weight excluding hydrogens is 487 g/mol. The first-order chi connectivity index (χ1) is 17.7. The molecule has 10 heteroatoms. The van der Waals surface area contributed by atoms with Gasteiger partial charge in [0.25, 0.3) is 0 Å². The van der Waals surface area contributed by atoms with Crippen LogP contribution in [-0.2, 0) is 20.4 Å². The largest absolute Gasteiger partial charge is 0.441 e. The third-order valence-electron chi connectivity index (χ3n) is 8.50. The lowest BCUT2D eigenvalue weighted by Gasteiger charge is -2.38. The quantitative estimate of drug-likeness (QED) is 0.590. The van der Waals surface area contributed by atoms with Crippen molar-refractivity contribution in [3.05, 3.63) is 29.8 Å². The fraction of sp³-hybridized carbons (Fsp3) is 0.704. The van der Waals surface area contributed by atoms with E-state index in [0.717, 1.165) is 63.0 Å². The Kier molecular flexibility index (Phi) is 7.56. The predicted octanol–water partition coefficient (Wildman–Crippen LogP) is 4.60. The number of carbonyl (C=O) groups is 2. The van der Waals surface area contributed by atoms with Crippen molar-refractivity contribution in [3.63, 3.8) is 0 Å². The molecule has 0 bridgehead atoms. The standard InChI is InChI=1S/C27H36F3N3O4/c28-27(29,30)21-7-9-22(10-8-21)32-13-11-26(12-14-32)18-33(25(35)37-26)17-19-3-5-20(6-4-19)24(34)31-16-23-2-1-15-36-23/h7-10,19-20,23H,1-6,11-18H2,(H,31,34). The number of hydrogen-bond acceptors (Lipinski definition) is 5. The molecule has 5 rings (SSSR count). The minimum atomic E-state index is -4.35. The summed E-state index contributed by atoms with van der Waals surface area (Å²) in [5.41, 5.74) is -0.433. The molecule has 2 amide bonds. The number of hydrogen-bond donors (Lipinski definition) is 1. The molecule has 1 spiro atoms. The summed E-state index contributed by atoms with van der Waals surface area (Å²) in [6.07, 6.45) is 2.37. The normalized spacial score (nSPS) is 28.0. The van der Waals surface area contributed by atoms with Gasteiger partial charge in [-0.15, -0.1) is 0 Å². The summed E-state index contributed by atoms with van der Waals surface area (Å²) in [4.78, 5) is 29.1. The van der Waals surface area contributed by atoms with Crippen molar-refractivity contribution in [2.24, 2.45) is 11.8 Å². The van der Waals surface area contributed by atoms with Crippen molar-refractivity contribution < 1.29 is 32.2 Å². The van der Waals surface area contributed by atoms with E-state index < -0.39 is 17.3 Å². The van der Waals surface area contributed by atoms with Crippen LogP contribution in [-0.4, -0.2) is 67.9 Å². The number of benzene rings is 1. The Morgan fingerprint density at radius 3 is 2.38 bits per heavy atom. The van der Waals surface area contributed by atoms with E-state index in [0.29, 0.717) is 51.5 Å². The Balaban J connectivity index is 1.06. The Labute approximate surface area is 215 Å². The van der Waals surface area contributed by atoms with Gasteiger partial charge < -0.3 is 24.6 Å². The lowest BCUT2D eigenvalue weighted by molar-refractivity contribution is -0.137. The van der Waals surface area contributed by atoms with Gasteiger partial charge in [-0.2, -0.15) is 13.2 Å². The van der Waals surface area contributed by atoms with Crippen LogP contribution in [0.1, 0.15) is 56.9 Å². The van der Waals surface area contributed by atoms with Crippen LogP contribution < -0.4 is 10.2 Å². The first kappa shape index (κ1) is 26.1. The van der Waals surface area contributed by atoms with Crippen molar-refractivity contribution in [1.29, 1.82) is 0 Å². The number of alkyl halides is 3. The van der Waals surface area contributed by atoms with Gasteiger partial charge in [0.2, 0.25) is 5.91 Å². The minimum Gasteiger partial charge on any atom is -0.441 e. The third-order valence-corrected chi connectivity index (χ3v) is 8.50. The molecular formula is C27H36F3N3O4. The highest BCUT2D eigenvalue weighted by Gasteiger charge is 2.47. The van der Waals surface area contributed by atoms with Crippen molar-refractivity contribution >= 4 is 17.7 Å². The monoisotopic (exact) mass is 523 g/mol. The van der Waals surface area contributed by atoms with Crippen LogP contribution in [0.15, 0.2) is 24.3 Å². The van der Waals surface area contributed by atoms with E-state index in [2.05, 4.69) is 5.32 Å². The zero-order valence-corrected chi connectivity index (χ0v) is 21.1. The molecule has 1 aromatic rings. The third kappa shape index (κ3) is 6.16. The summed E-state index contributed by atoms with van der Waals surface area (Å²) >= 11 is 0. The average molecular weight is 524 g/mol. The highest BCUT2D eigenvalue weighted by atomic mass is 19.4. The Hall–Kier alpha value is -2.49. The van der Waals surface area contributed by atoms with Crippen LogP contribution in [0.5, 0.6) is 0 Å². The summed E-state index contributed by atoms with van der Waals surface area (Å²) in [7, 11) is 0. The molecule has 1 atom stereocenters. The summed E-state index contributed by atoms with van der Waals surface area (Å²) in [6.45, 7) is 3.82. The van der Waals surface area contributed by atoms with E-state index in [1.54, 1.807) is 0 Å². The summed E-state index contributed by atoms with van der Waals surface area (Å²) in [5.74, 6) is 0.509. The summed E-state index contributed by atoms with van der Waals surface area (Å²) in [6, 6.07) is 5.23. The van der Waals surface area contributed by atoms with Gasteiger partial charge in [0.1, 0.15) is 5.60 Å². The predicted molar refractivity (Wildman–Crippen MR) is 131 cm³/mol. The molecule has 3 saturated heterocycles. The number of nitrogens with one attached hydrogen (secondary N) is 1. The number of carbonyl (C=O) groups excluding carboxylic acids is 2. The Morgan fingerprint density at radius 2 is 1.76 bits per heavy atom. The smallest absolute Gasteiger partial charge is 0.416 e. The van der Waals surface area contributed by atoms with Crippen LogP contribution in [0.25, 0.3) is 0 Å². The van der Waals surface area contributed by atoms with E-state index in [4.69, 9.17) is 9.47 Å². The van der Waals surface area contributed by atoms with Gasteiger partial charge in [-0.25, -0.2) is 4.79 Å². The lowest BCUT2D eigenvalue weighted by atomic mass is 9.81. The highest BCUT2D eigenvalue weighted by Crippen LogP contribution is 2.38. The van der Waals surface area contributed by atoms with E-state index >= 15 is 0 Å². The molecule has 4 fully saturated rings. The maximum Gasteiger partial charge on any atom is 0.416 e. The second kappa shape index (κ2) is 10.7. The van der Waals surface area contributed by atoms with E-state index in [1.165, 1.54) is 12.1 Å². The topological polar surface area (TPSA) is 71.1 Å². The number of anilines is 1. The molecule has 204 valence electrons. The maximum atomic E-state index is 12.9. The zero-order valence-electron chi connectivity index (χ0n) is 21.1. The Morgan fingerprint density at radius 1 is 1.05 bits per heavy atom. The number of ether oxygens (including phenoxy) is 2. The van der Waals surface area contributed by atoms with Gasteiger partial charge in [-0.3, -0.25) is 4.79 Å². The zero-order chi connectivity index (χ0) is 26.0. The Bertz CT molecular complexity index is 949. The molecule has 4 aliphatic rings. The molecule has 1 aliphatic carbocycles. The van der Waals surface area contributed by atoms with Gasteiger partial charge in [-0.1, -0.05) is 0 Å². The fourth-order valence-electron chi connectivity index (χ4n) is 6.21. The summed E-state index contributed by atoms with van der Waals surface area (Å²) in [5, 5.41) is 3.05. The SMILES string of the molecule is O=C(NCC1CCCO1)C1CCC(CN2CC3(CCN(c4ccc(C(F)(F)F)cc4)CC3)OC2=O)CC1. The number of rotatable bonds is 6. The van der Waals surface area contributed by atoms with Gasteiger partial charge in [0.05, 0.1) is 18.2 Å². The van der Waals surface area contributed by atoms with Crippen molar-refractivity contribution in [3.8, 4) is 0 Å². The average Bonchev–Trinajstić information content (AvgIpc) is 3.51. The van der Waals surface area contributed by atoms with Crippen LogP contribution >= 0.6 is 0 Å². The molecule has 1 aromatic carbocycles. The number of nitrogens with zero attached hydrogens (tertiary/aromatic N) is 2. The van der Waals surface area contributed by atoms with E-state index in [9.17, 15) is 22.8 Å². The van der Waals surface area contributed by atoms with Gasteiger partial charge in [0.15, 0.2) is 0 Å². The number of amides is 2. The molecule has 0 aromatic heterocycles. The molecule has 3 aliphatic heterocycles. The molecule has 1 saturated carbocycles. The first-order valence-electron chi connectivity index (χ1n) is 13.5.